The number of hydrogen-bond acceptors (Lipinski definition) is 6. The van der Waals surface area contributed by atoms with Gasteiger partial charge >= 0.3 is 12.3 Å². The van der Waals surface area contributed by atoms with Crippen molar-refractivity contribution in [1.29, 1.82) is 0 Å². The topological polar surface area (TPSA) is 104 Å². The highest BCUT2D eigenvalue weighted by Gasteiger charge is 2.39. The fourth-order valence-electron chi connectivity index (χ4n) is 4.46. The number of hydrogen-bond donors (Lipinski definition) is 2. The Balaban J connectivity index is 1.50. The van der Waals surface area contributed by atoms with Crippen molar-refractivity contribution in [3.8, 4) is 11.8 Å². The van der Waals surface area contributed by atoms with Crippen LogP contribution in [0.5, 0.6) is 0 Å². The molecular formula is C32H32F3N5O4. The van der Waals surface area contributed by atoms with Gasteiger partial charge in [0, 0.05) is 56.0 Å². The predicted molar refractivity (Wildman–Crippen MR) is 160 cm³/mol. The average molecular weight is 608 g/mol. The van der Waals surface area contributed by atoms with Crippen LogP contribution in [0.15, 0.2) is 60.8 Å². The monoisotopic (exact) mass is 607 g/mol. The average Bonchev–Trinajstić information content (AvgIpc) is 2.95. The van der Waals surface area contributed by atoms with Gasteiger partial charge in [-0.15, -0.1) is 0 Å². The molecule has 44 heavy (non-hydrogen) atoms. The van der Waals surface area contributed by atoms with E-state index in [0.29, 0.717) is 16.9 Å². The lowest BCUT2D eigenvalue weighted by atomic mass is 10.1. The number of carbonyl (C=O) groups excluding carboxylic acids is 3. The lowest BCUT2D eigenvalue weighted by Gasteiger charge is -2.38. The Morgan fingerprint density at radius 1 is 0.886 bits per heavy atom. The second kappa shape index (κ2) is 13.1. The first kappa shape index (κ1) is 31.9. The SMILES string of the molecule is CC(=O)Nc1ccc(C#Cc2cccc(C(=O)Nc3cccc(N4CCN(C(=O)OC(C)(C)C)CC4)c3C(F)(F)F)c2)cn1. The zero-order valence-corrected chi connectivity index (χ0v) is 24.7. The molecule has 0 atom stereocenters. The summed E-state index contributed by atoms with van der Waals surface area (Å²) in [6.07, 6.45) is -3.80. The maximum atomic E-state index is 14.4. The van der Waals surface area contributed by atoms with E-state index in [4.69, 9.17) is 4.74 Å². The Morgan fingerprint density at radius 2 is 1.57 bits per heavy atom. The third kappa shape index (κ3) is 8.50. The Labute approximate surface area is 253 Å². The molecule has 9 nitrogen and oxygen atoms in total. The molecule has 1 aliphatic heterocycles. The smallest absolute Gasteiger partial charge is 0.420 e. The Morgan fingerprint density at radius 3 is 2.18 bits per heavy atom. The molecule has 2 N–H and O–H groups in total. The highest BCUT2D eigenvalue weighted by Crippen LogP contribution is 2.42. The molecule has 0 bridgehead atoms. The largest absolute Gasteiger partial charge is 0.444 e. The van der Waals surface area contributed by atoms with Crippen LogP contribution in [0.2, 0.25) is 0 Å². The minimum atomic E-state index is -4.77. The van der Waals surface area contributed by atoms with Crippen molar-refractivity contribution in [2.75, 3.05) is 41.7 Å². The van der Waals surface area contributed by atoms with Crippen LogP contribution < -0.4 is 15.5 Å². The molecule has 2 heterocycles. The van der Waals surface area contributed by atoms with Crippen LogP contribution in [0.25, 0.3) is 0 Å². The third-order valence-corrected chi connectivity index (χ3v) is 6.39. The van der Waals surface area contributed by atoms with Crippen LogP contribution in [-0.4, -0.2) is 59.6 Å². The second-order valence-electron chi connectivity index (χ2n) is 11.1. The number of halogens is 3. The van der Waals surface area contributed by atoms with Gasteiger partial charge in [-0.2, -0.15) is 13.2 Å². The van der Waals surface area contributed by atoms with E-state index in [1.165, 1.54) is 48.4 Å². The third-order valence-electron chi connectivity index (χ3n) is 6.39. The van der Waals surface area contributed by atoms with Gasteiger partial charge in [0.2, 0.25) is 5.91 Å². The molecule has 1 aliphatic rings. The van der Waals surface area contributed by atoms with Crippen LogP contribution in [0, 0.1) is 11.8 Å². The Bertz CT molecular complexity index is 1600. The first-order valence-corrected chi connectivity index (χ1v) is 13.8. The maximum absolute atomic E-state index is 14.4. The van der Waals surface area contributed by atoms with Gasteiger partial charge in [-0.1, -0.05) is 24.0 Å². The lowest BCUT2D eigenvalue weighted by Crippen LogP contribution is -2.50. The van der Waals surface area contributed by atoms with Crippen LogP contribution in [0.4, 0.5) is 35.2 Å². The number of nitrogens with one attached hydrogen (secondary N) is 2. The van der Waals surface area contributed by atoms with Gasteiger partial charge in [-0.3, -0.25) is 9.59 Å². The normalized spacial score (nSPS) is 13.4. The Kier molecular flexibility index (Phi) is 9.47. The number of aromatic nitrogens is 1. The highest BCUT2D eigenvalue weighted by molar-refractivity contribution is 6.05. The number of anilines is 3. The van der Waals surface area contributed by atoms with E-state index in [-0.39, 0.29) is 49.0 Å². The molecule has 3 aromatic rings. The van der Waals surface area contributed by atoms with Crippen molar-refractivity contribution in [3.05, 3.63) is 83.0 Å². The molecule has 0 aliphatic carbocycles. The van der Waals surface area contributed by atoms with Gasteiger partial charge in [-0.25, -0.2) is 9.78 Å². The summed E-state index contributed by atoms with van der Waals surface area (Å²) in [4.78, 5) is 43.8. The zero-order chi connectivity index (χ0) is 32.1. The highest BCUT2D eigenvalue weighted by atomic mass is 19.4. The first-order valence-electron chi connectivity index (χ1n) is 13.8. The van der Waals surface area contributed by atoms with E-state index in [1.807, 2.05) is 0 Å². The molecule has 2 aromatic carbocycles. The summed E-state index contributed by atoms with van der Waals surface area (Å²) in [6, 6.07) is 13.5. The first-order chi connectivity index (χ1) is 20.7. The van der Waals surface area contributed by atoms with Gasteiger partial charge in [0.15, 0.2) is 0 Å². The molecule has 1 aromatic heterocycles. The molecule has 0 spiro atoms. The van der Waals surface area contributed by atoms with Crippen molar-refractivity contribution < 1.29 is 32.3 Å². The van der Waals surface area contributed by atoms with E-state index >= 15 is 0 Å². The van der Waals surface area contributed by atoms with E-state index in [9.17, 15) is 27.6 Å². The van der Waals surface area contributed by atoms with E-state index < -0.39 is 29.3 Å². The lowest BCUT2D eigenvalue weighted by molar-refractivity contribution is -0.136. The maximum Gasteiger partial charge on any atom is 0.420 e. The van der Waals surface area contributed by atoms with Gasteiger partial charge in [0.25, 0.3) is 5.91 Å². The van der Waals surface area contributed by atoms with Gasteiger partial charge in [0.05, 0.1) is 11.4 Å². The van der Waals surface area contributed by atoms with Crippen LogP contribution in [0.1, 0.15) is 54.7 Å². The number of ether oxygens (including phenoxy) is 1. The molecule has 0 unspecified atom stereocenters. The molecule has 1 fully saturated rings. The van der Waals surface area contributed by atoms with Crippen LogP contribution >= 0.6 is 0 Å². The van der Waals surface area contributed by atoms with E-state index in [0.717, 1.165) is 0 Å². The van der Waals surface area contributed by atoms with E-state index in [1.54, 1.807) is 49.9 Å². The fraction of sp³-hybridized carbons (Fsp3) is 0.312. The standard InChI is InChI=1S/C32H32F3N5O4/c1-21(41)37-27-14-13-23(20-36-27)12-11-22-7-5-8-24(19-22)29(42)38-25-9-6-10-26(28(25)32(33,34)35)39-15-17-40(18-16-39)30(43)44-31(2,3)4/h5-10,13-14,19-20H,15-18H2,1-4H3,(H,38,42)(H,36,37,41). The zero-order valence-electron chi connectivity index (χ0n) is 24.7. The number of carbonyl (C=O) groups is 3. The number of alkyl halides is 3. The van der Waals surface area contributed by atoms with Gasteiger partial charge in [0.1, 0.15) is 17.0 Å². The van der Waals surface area contributed by atoms with Crippen molar-refractivity contribution in [3.63, 3.8) is 0 Å². The van der Waals surface area contributed by atoms with Crippen molar-refractivity contribution in [1.82, 2.24) is 9.88 Å². The number of benzene rings is 2. The molecule has 3 amide bonds. The molecule has 4 rings (SSSR count). The van der Waals surface area contributed by atoms with Gasteiger partial charge in [-0.05, 0) is 63.2 Å². The summed E-state index contributed by atoms with van der Waals surface area (Å²) in [5.74, 6) is 5.22. The van der Waals surface area contributed by atoms with Crippen molar-refractivity contribution >= 4 is 35.1 Å². The summed E-state index contributed by atoms with van der Waals surface area (Å²) in [7, 11) is 0. The predicted octanol–water partition coefficient (Wildman–Crippen LogP) is 5.77. The summed E-state index contributed by atoms with van der Waals surface area (Å²) in [5, 5.41) is 4.98. The van der Waals surface area contributed by atoms with Crippen molar-refractivity contribution in [2.24, 2.45) is 0 Å². The Hall–Kier alpha value is -5.05. The number of rotatable bonds is 4. The number of pyridine rings is 1. The van der Waals surface area contributed by atoms with E-state index in [2.05, 4.69) is 27.5 Å². The fourth-order valence-corrected chi connectivity index (χ4v) is 4.46. The van der Waals surface area contributed by atoms with Crippen LogP contribution in [-0.2, 0) is 15.7 Å². The summed E-state index contributed by atoms with van der Waals surface area (Å²) >= 11 is 0. The minimum Gasteiger partial charge on any atom is -0.444 e. The number of amides is 3. The number of piperazine rings is 1. The molecule has 12 heteroatoms. The summed E-state index contributed by atoms with van der Waals surface area (Å²) < 4.78 is 48.6. The van der Waals surface area contributed by atoms with Crippen LogP contribution in [0.3, 0.4) is 0 Å². The number of nitrogens with zero attached hydrogens (tertiary/aromatic N) is 3. The molecule has 230 valence electrons. The quantitative estimate of drug-likeness (QED) is 0.365. The molecular weight excluding hydrogens is 575 g/mol. The summed E-state index contributed by atoms with van der Waals surface area (Å²) in [6.45, 7) is 7.30. The second-order valence-corrected chi connectivity index (χ2v) is 11.1. The van der Waals surface area contributed by atoms with Gasteiger partial charge < -0.3 is 25.2 Å². The molecule has 0 radical (unpaired) electrons. The molecule has 0 saturated carbocycles. The molecule has 1 saturated heterocycles. The minimum absolute atomic E-state index is 0.0862. The summed E-state index contributed by atoms with van der Waals surface area (Å²) in [5.41, 5.74) is -0.960. The van der Waals surface area contributed by atoms with Crippen molar-refractivity contribution in [2.45, 2.75) is 39.5 Å².